The number of nitrogens with one attached hydrogen (secondary N) is 1. The molecule has 3 aromatic heterocycles. The van der Waals surface area contributed by atoms with Crippen LogP contribution in [-0.4, -0.2) is 27.2 Å². The zero-order valence-corrected chi connectivity index (χ0v) is 15.7. The van der Waals surface area contributed by atoms with Crippen LogP contribution in [0.5, 0.6) is 0 Å². The van der Waals surface area contributed by atoms with Gasteiger partial charge in [0.05, 0.1) is 16.0 Å². The highest BCUT2D eigenvalue weighted by molar-refractivity contribution is 7.15. The van der Waals surface area contributed by atoms with Gasteiger partial charge in [0.15, 0.2) is 0 Å². The number of rotatable bonds is 3. The third kappa shape index (κ3) is 2.69. The summed E-state index contributed by atoms with van der Waals surface area (Å²) in [6, 6.07) is 6.32. The zero-order chi connectivity index (χ0) is 18.7. The summed E-state index contributed by atoms with van der Waals surface area (Å²) in [6.07, 6.45) is 4.46. The molecule has 0 saturated heterocycles. The Morgan fingerprint density at radius 1 is 1.37 bits per heavy atom. The third-order valence-electron chi connectivity index (χ3n) is 5.41. The molecule has 1 fully saturated rings. The van der Waals surface area contributed by atoms with Gasteiger partial charge in [0.2, 0.25) is 5.43 Å². The van der Waals surface area contributed by atoms with Gasteiger partial charge in [0.1, 0.15) is 11.2 Å². The smallest absolute Gasteiger partial charge is 0.341 e. The molecule has 6 nitrogen and oxygen atoms in total. The molecule has 1 aliphatic carbocycles. The monoisotopic (exact) mass is 381 g/mol. The summed E-state index contributed by atoms with van der Waals surface area (Å²) in [5.41, 5.74) is 2.10. The van der Waals surface area contributed by atoms with Crippen molar-refractivity contribution >= 4 is 28.3 Å². The van der Waals surface area contributed by atoms with Crippen molar-refractivity contribution in [1.82, 2.24) is 14.9 Å². The Morgan fingerprint density at radius 3 is 2.89 bits per heavy atom. The van der Waals surface area contributed by atoms with Gasteiger partial charge in [0.25, 0.3) is 0 Å². The van der Waals surface area contributed by atoms with Crippen LogP contribution in [-0.2, 0) is 6.42 Å². The van der Waals surface area contributed by atoms with E-state index < -0.39 is 11.4 Å². The van der Waals surface area contributed by atoms with Crippen LogP contribution in [0.4, 0.5) is 0 Å². The number of pyridine rings is 2. The van der Waals surface area contributed by atoms with Gasteiger partial charge in [-0.1, -0.05) is 0 Å². The van der Waals surface area contributed by atoms with Gasteiger partial charge in [-0.05, 0) is 49.9 Å². The standard InChI is InChI=1S/C20H19N3O3S/c1-10-13-8-17(27-16(13)6-7-21-10)15-5-4-12-18(24)14(20(25)26)9-23(11-2-3-11)19(12)22-15/h4-5,8-11,21H,2-3,6-7H2,1H3,(H,25,26). The van der Waals surface area contributed by atoms with Crippen LogP contribution in [0.1, 0.15) is 52.6 Å². The first kappa shape index (κ1) is 16.6. The van der Waals surface area contributed by atoms with E-state index >= 15 is 0 Å². The zero-order valence-electron chi connectivity index (χ0n) is 14.9. The molecule has 0 aromatic carbocycles. The first-order valence-corrected chi connectivity index (χ1v) is 10.00. The van der Waals surface area contributed by atoms with Crippen LogP contribution in [0, 0.1) is 0 Å². The van der Waals surface area contributed by atoms with Gasteiger partial charge in [-0.2, -0.15) is 0 Å². The minimum absolute atomic E-state index is 0.185. The maximum atomic E-state index is 12.6. The molecule has 1 atom stereocenters. The van der Waals surface area contributed by atoms with Crippen molar-refractivity contribution in [2.75, 3.05) is 6.54 Å². The maximum Gasteiger partial charge on any atom is 0.341 e. The Labute approximate surface area is 159 Å². The molecule has 0 radical (unpaired) electrons. The third-order valence-corrected chi connectivity index (χ3v) is 6.64. The van der Waals surface area contributed by atoms with Gasteiger partial charge in [-0.15, -0.1) is 11.3 Å². The topological polar surface area (TPSA) is 84.2 Å². The largest absolute Gasteiger partial charge is 0.477 e. The normalized spacial score (nSPS) is 19.2. The fraction of sp³-hybridized carbons (Fsp3) is 0.350. The lowest BCUT2D eigenvalue weighted by Crippen LogP contribution is -2.26. The van der Waals surface area contributed by atoms with Gasteiger partial charge in [-0.25, -0.2) is 9.78 Å². The predicted octanol–water partition coefficient (Wildman–Crippen LogP) is 3.36. The van der Waals surface area contributed by atoms with E-state index in [-0.39, 0.29) is 11.6 Å². The molecule has 0 amide bonds. The Kier molecular flexibility index (Phi) is 3.70. The second-order valence-corrected chi connectivity index (χ2v) is 8.43. The number of nitrogens with zero attached hydrogens (tertiary/aromatic N) is 2. The Bertz CT molecular complexity index is 1140. The van der Waals surface area contributed by atoms with Crippen LogP contribution in [0.3, 0.4) is 0 Å². The van der Waals surface area contributed by atoms with E-state index in [1.54, 1.807) is 17.4 Å². The van der Waals surface area contributed by atoms with Crippen LogP contribution in [0.2, 0.25) is 0 Å². The van der Waals surface area contributed by atoms with Crippen molar-refractivity contribution in [3.05, 3.63) is 50.6 Å². The van der Waals surface area contributed by atoms with Crippen molar-refractivity contribution in [1.29, 1.82) is 0 Å². The molecule has 1 saturated carbocycles. The Hall–Kier alpha value is -2.51. The van der Waals surface area contributed by atoms with E-state index in [0.717, 1.165) is 36.4 Å². The van der Waals surface area contributed by atoms with Gasteiger partial charge >= 0.3 is 5.97 Å². The lowest BCUT2D eigenvalue weighted by Gasteiger charge is -2.19. The minimum Gasteiger partial charge on any atom is -0.477 e. The molecule has 3 aromatic rings. The molecule has 0 bridgehead atoms. The van der Waals surface area contributed by atoms with E-state index in [9.17, 15) is 14.7 Å². The summed E-state index contributed by atoms with van der Waals surface area (Å²) in [5.74, 6) is -1.19. The molecule has 7 heteroatoms. The van der Waals surface area contributed by atoms with Crippen molar-refractivity contribution in [2.24, 2.45) is 0 Å². The fourth-order valence-electron chi connectivity index (χ4n) is 3.79. The molecular weight excluding hydrogens is 362 g/mol. The van der Waals surface area contributed by atoms with Gasteiger partial charge < -0.3 is 15.0 Å². The van der Waals surface area contributed by atoms with Gasteiger partial charge in [0, 0.05) is 29.7 Å². The second kappa shape index (κ2) is 6.00. The van der Waals surface area contributed by atoms with Crippen LogP contribution in [0.15, 0.2) is 29.2 Å². The number of thiophene rings is 1. The summed E-state index contributed by atoms with van der Waals surface area (Å²) in [4.78, 5) is 31.3. The number of hydrogen-bond acceptors (Lipinski definition) is 5. The average Bonchev–Trinajstić information content (AvgIpc) is 3.39. The Morgan fingerprint density at radius 2 is 2.19 bits per heavy atom. The molecule has 0 spiro atoms. The summed E-state index contributed by atoms with van der Waals surface area (Å²) in [5, 5.41) is 13.2. The quantitative estimate of drug-likeness (QED) is 0.727. The van der Waals surface area contributed by atoms with Crippen molar-refractivity contribution in [2.45, 2.75) is 38.3 Å². The van der Waals surface area contributed by atoms with E-state index in [2.05, 4.69) is 18.3 Å². The van der Waals surface area contributed by atoms with E-state index in [4.69, 9.17) is 4.98 Å². The molecule has 1 unspecified atom stereocenters. The van der Waals surface area contributed by atoms with E-state index in [0.29, 0.717) is 17.1 Å². The molecule has 2 N–H and O–H groups in total. The molecular formula is C20H19N3O3S. The number of hydrogen-bond donors (Lipinski definition) is 2. The molecule has 5 rings (SSSR count). The number of aromatic carboxylic acids is 1. The maximum absolute atomic E-state index is 12.6. The number of carbonyl (C=O) groups is 1. The van der Waals surface area contributed by atoms with Gasteiger partial charge in [-0.3, -0.25) is 4.79 Å². The van der Waals surface area contributed by atoms with E-state index in [1.165, 1.54) is 16.6 Å². The first-order chi connectivity index (χ1) is 13.0. The number of carboxylic acids is 1. The minimum atomic E-state index is -1.19. The number of carboxylic acid groups (broad SMARTS) is 1. The molecule has 27 heavy (non-hydrogen) atoms. The molecule has 138 valence electrons. The van der Waals surface area contributed by atoms with Crippen molar-refractivity contribution in [3.63, 3.8) is 0 Å². The lowest BCUT2D eigenvalue weighted by atomic mass is 10.0. The average molecular weight is 381 g/mol. The van der Waals surface area contributed by atoms with Crippen LogP contribution >= 0.6 is 11.3 Å². The van der Waals surface area contributed by atoms with Crippen LogP contribution in [0.25, 0.3) is 21.6 Å². The molecule has 2 aliphatic rings. The van der Waals surface area contributed by atoms with Crippen LogP contribution < -0.4 is 10.7 Å². The summed E-state index contributed by atoms with van der Waals surface area (Å²) < 4.78 is 1.88. The number of aromatic nitrogens is 2. The highest BCUT2D eigenvalue weighted by Crippen LogP contribution is 2.39. The summed E-state index contributed by atoms with van der Waals surface area (Å²) in [7, 11) is 0. The molecule has 4 heterocycles. The highest BCUT2D eigenvalue weighted by atomic mass is 32.1. The van der Waals surface area contributed by atoms with E-state index in [1.807, 2.05) is 10.6 Å². The summed E-state index contributed by atoms with van der Waals surface area (Å²) >= 11 is 1.76. The second-order valence-electron chi connectivity index (χ2n) is 7.30. The SMILES string of the molecule is CC1NCCc2sc(-c3ccc4c(=O)c(C(=O)O)cn(C5CC5)c4n3)cc21. The first-order valence-electron chi connectivity index (χ1n) is 9.18. The lowest BCUT2D eigenvalue weighted by molar-refractivity contribution is 0.0695. The van der Waals surface area contributed by atoms with Crippen molar-refractivity contribution < 1.29 is 9.90 Å². The Balaban J connectivity index is 1.70. The summed E-state index contributed by atoms with van der Waals surface area (Å²) in [6.45, 7) is 3.15. The fourth-order valence-corrected chi connectivity index (χ4v) is 5.02. The molecule has 1 aliphatic heterocycles. The number of fused-ring (bicyclic) bond motifs is 2. The highest BCUT2D eigenvalue weighted by Gasteiger charge is 2.28. The predicted molar refractivity (Wildman–Crippen MR) is 105 cm³/mol. The van der Waals surface area contributed by atoms with Crippen molar-refractivity contribution in [3.8, 4) is 10.6 Å².